The molecule has 2 N–H and O–H groups in total. The first-order valence-corrected chi connectivity index (χ1v) is 7.46. The first-order valence-electron chi connectivity index (χ1n) is 7.46. The lowest BCUT2D eigenvalue weighted by Gasteiger charge is -2.12. The van der Waals surface area contributed by atoms with E-state index in [1.807, 2.05) is 0 Å². The zero-order valence-electron chi connectivity index (χ0n) is 12.0. The maximum Gasteiger partial charge on any atom is 0.0431 e. The smallest absolute Gasteiger partial charge is 0.0431 e. The molecule has 1 aromatic rings. The maximum atomic E-state index is 8.69. The van der Waals surface area contributed by atoms with Gasteiger partial charge in [-0.3, -0.25) is 0 Å². The standard InChI is InChI=1S/C16H26N2O/c1-18-10-8-15-12-14(6-7-16(15)18)13-17-9-4-2-3-5-11-19/h6-7,12,17,19H,2-5,8-11,13H2,1H3. The van der Waals surface area contributed by atoms with Crippen LogP contribution in [-0.2, 0) is 13.0 Å². The van der Waals surface area contributed by atoms with Gasteiger partial charge < -0.3 is 15.3 Å². The largest absolute Gasteiger partial charge is 0.396 e. The molecule has 0 radical (unpaired) electrons. The van der Waals surface area contributed by atoms with Crippen molar-refractivity contribution in [2.45, 2.75) is 38.6 Å². The van der Waals surface area contributed by atoms with Crippen molar-refractivity contribution in [1.82, 2.24) is 5.32 Å². The predicted octanol–water partition coefficient (Wildman–Crippen LogP) is 2.32. The Hall–Kier alpha value is -1.06. The van der Waals surface area contributed by atoms with Gasteiger partial charge in [-0.25, -0.2) is 0 Å². The highest BCUT2D eigenvalue weighted by Crippen LogP contribution is 2.27. The normalized spacial score (nSPS) is 13.9. The lowest BCUT2D eigenvalue weighted by Crippen LogP contribution is -2.15. The highest BCUT2D eigenvalue weighted by Gasteiger charge is 2.15. The van der Waals surface area contributed by atoms with Gasteiger partial charge in [-0.05, 0) is 43.0 Å². The van der Waals surface area contributed by atoms with E-state index in [0.717, 1.165) is 32.5 Å². The highest BCUT2D eigenvalue weighted by atomic mass is 16.2. The molecule has 0 spiro atoms. The number of aliphatic hydroxyl groups excluding tert-OH is 1. The van der Waals surface area contributed by atoms with Crippen LogP contribution in [0, 0.1) is 0 Å². The van der Waals surface area contributed by atoms with Crippen LogP contribution in [0.3, 0.4) is 0 Å². The van der Waals surface area contributed by atoms with Crippen LogP contribution in [0.1, 0.15) is 36.8 Å². The molecule has 1 aliphatic rings. The molecule has 0 unspecified atom stereocenters. The van der Waals surface area contributed by atoms with Crippen molar-refractivity contribution in [2.24, 2.45) is 0 Å². The summed E-state index contributed by atoms with van der Waals surface area (Å²) in [6.45, 7) is 3.52. The number of hydrogen-bond donors (Lipinski definition) is 2. The van der Waals surface area contributed by atoms with Crippen LogP contribution in [0.2, 0.25) is 0 Å². The number of nitrogens with zero attached hydrogens (tertiary/aromatic N) is 1. The second-order valence-corrected chi connectivity index (χ2v) is 5.45. The number of benzene rings is 1. The van der Waals surface area contributed by atoms with Crippen molar-refractivity contribution >= 4 is 5.69 Å². The van der Waals surface area contributed by atoms with Gasteiger partial charge >= 0.3 is 0 Å². The molecule has 0 saturated heterocycles. The fraction of sp³-hybridized carbons (Fsp3) is 0.625. The van der Waals surface area contributed by atoms with Gasteiger partial charge in [0.1, 0.15) is 0 Å². The fourth-order valence-electron chi connectivity index (χ4n) is 2.68. The van der Waals surface area contributed by atoms with Crippen LogP contribution in [0.15, 0.2) is 18.2 Å². The Morgan fingerprint density at radius 2 is 2.05 bits per heavy atom. The van der Waals surface area contributed by atoms with E-state index in [9.17, 15) is 0 Å². The Morgan fingerprint density at radius 1 is 1.21 bits per heavy atom. The molecule has 1 aromatic carbocycles. The molecular weight excluding hydrogens is 236 g/mol. The predicted molar refractivity (Wildman–Crippen MR) is 80.7 cm³/mol. The molecule has 1 heterocycles. The molecule has 19 heavy (non-hydrogen) atoms. The fourth-order valence-corrected chi connectivity index (χ4v) is 2.68. The van der Waals surface area contributed by atoms with Gasteiger partial charge in [-0.2, -0.15) is 0 Å². The van der Waals surface area contributed by atoms with Crippen LogP contribution >= 0.6 is 0 Å². The van der Waals surface area contributed by atoms with Crippen molar-refractivity contribution in [1.29, 1.82) is 0 Å². The first kappa shape index (κ1) is 14.4. The molecule has 0 atom stereocenters. The number of rotatable bonds is 8. The third-order valence-electron chi connectivity index (χ3n) is 3.86. The van der Waals surface area contributed by atoms with E-state index in [1.165, 1.54) is 36.1 Å². The summed E-state index contributed by atoms with van der Waals surface area (Å²) in [5, 5.41) is 12.2. The number of likely N-dealkylation sites (N-methyl/N-ethyl adjacent to an activating group) is 1. The zero-order chi connectivity index (χ0) is 13.5. The van der Waals surface area contributed by atoms with Gasteiger partial charge in [-0.1, -0.05) is 25.0 Å². The molecule has 0 bridgehead atoms. The van der Waals surface area contributed by atoms with Crippen LogP contribution in [-0.4, -0.2) is 31.9 Å². The molecule has 0 saturated carbocycles. The van der Waals surface area contributed by atoms with Gasteiger partial charge in [0, 0.05) is 32.4 Å². The van der Waals surface area contributed by atoms with E-state index in [1.54, 1.807) is 0 Å². The molecule has 1 aliphatic heterocycles. The van der Waals surface area contributed by atoms with Crippen LogP contribution in [0.5, 0.6) is 0 Å². The Bertz CT molecular complexity index is 392. The summed E-state index contributed by atoms with van der Waals surface area (Å²) in [5.41, 5.74) is 4.28. The van der Waals surface area contributed by atoms with Crippen molar-refractivity contribution in [3.8, 4) is 0 Å². The second kappa shape index (κ2) is 7.51. The highest BCUT2D eigenvalue weighted by molar-refractivity contribution is 5.58. The average molecular weight is 262 g/mol. The Kier molecular flexibility index (Phi) is 5.67. The third kappa shape index (κ3) is 4.22. The van der Waals surface area contributed by atoms with Crippen molar-refractivity contribution in [3.63, 3.8) is 0 Å². The second-order valence-electron chi connectivity index (χ2n) is 5.45. The average Bonchev–Trinajstić information content (AvgIpc) is 2.79. The van der Waals surface area contributed by atoms with Crippen molar-refractivity contribution in [2.75, 3.05) is 31.6 Å². The molecule has 3 heteroatoms. The molecule has 0 amide bonds. The number of fused-ring (bicyclic) bond motifs is 1. The van der Waals surface area contributed by atoms with Crippen LogP contribution < -0.4 is 10.2 Å². The molecule has 0 fully saturated rings. The maximum absolute atomic E-state index is 8.69. The number of nitrogens with one attached hydrogen (secondary N) is 1. The lowest BCUT2D eigenvalue weighted by molar-refractivity contribution is 0.282. The summed E-state index contributed by atoms with van der Waals surface area (Å²) in [6.07, 6.45) is 5.68. The minimum Gasteiger partial charge on any atom is -0.396 e. The Labute approximate surface area is 116 Å². The Morgan fingerprint density at radius 3 is 2.89 bits per heavy atom. The minimum absolute atomic E-state index is 0.330. The summed E-state index contributed by atoms with van der Waals surface area (Å²) >= 11 is 0. The minimum atomic E-state index is 0.330. The number of aliphatic hydroxyl groups is 1. The van der Waals surface area contributed by atoms with Gasteiger partial charge in [-0.15, -0.1) is 0 Å². The van der Waals surface area contributed by atoms with E-state index < -0.39 is 0 Å². The lowest BCUT2D eigenvalue weighted by atomic mass is 10.1. The van der Waals surface area contributed by atoms with Gasteiger partial charge in [0.15, 0.2) is 0 Å². The quantitative estimate of drug-likeness (QED) is 0.706. The molecule has 0 aliphatic carbocycles. The molecule has 0 aromatic heterocycles. The number of anilines is 1. The van der Waals surface area contributed by atoms with Crippen molar-refractivity contribution in [3.05, 3.63) is 29.3 Å². The summed E-state index contributed by atoms with van der Waals surface area (Å²) in [7, 11) is 2.16. The summed E-state index contributed by atoms with van der Waals surface area (Å²) in [5.74, 6) is 0. The summed E-state index contributed by atoms with van der Waals surface area (Å²) in [6, 6.07) is 6.83. The number of unbranched alkanes of at least 4 members (excludes halogenated alkanes) is 3. The van der Waals surface area contributed by atoms with E-state index >= 15 is 0 Å². The van der Waals surface area contributed by atoms with E-state index in [4.69, 9.17) is 5.11 Å². The van der Waals surface area contributed by atoms with Crippen LogP contribution in [0.4, 0.5) is 5.69 Å². The molecule has 2 rings (SSSR count). The topological polar surface area (TPSA) is 35.5 Å². The van der Waals surface area contributed by atoms with Crippen molar-refractivity contribution < 1.29 is 5.11 Å². The SMILES string of the molecule is CN1CCc2cc(CNCCCCCCO)ccc21. The monoisotopic (exact) mass is 262 g/mol. The van der Waals surface area contributed by atoms with Crippen LogP contribution in [0.25, 0.3) is 0 Å². The molecule has 3 nitrogen and oxygen atoms in total. The van der Waals surface area contributed by atoms with Gasteiger partial charge in [0.25, 0.3) is 0 Å². The van der Waals surface area contributed by atoms with Gasteiger partial charge in [0.2, 0.25) is 0 Å². The third-order valence-corrected chi connectivity index (χ3v) is 3.86. The summed E-state index contributed by atoms with van der Waals surface area (Å²) < 4.78 is 0. The summed E-state index contributed by atoms with van der Waals surface area (Å²) in [4.78, 5) is 2.33. The van der Waals surface area contributed by atoms with Gasteiger partial charge in [0.05, 0.1) is 0 Å². The first-order chi connectivity index (χ1) is 9.31. The van der Waals surface area contributed by atoms with E-state index in [-0.39, 0.29) is 0 Å². The zero-order valence-corrected chi connectivity index (χ0v) is 12.0. The molecule has 106 valence electrons. The van der Waals surface area contributed by atoms with E-state index in [2.05, 4.69) is 35.5 Å². The Balaban J connectivity index is 1.67. The number of hydrogen-bond acceptors (Lipinski definition) is 3. The van der Waals surface area contributed by atoms with E-state index in [0.29, 0.717) is 6.61 Å². The molecular formula is C16H26N2O.